The van der Waals surface area contributed by atoms with E-state index >= 15 is 0 Å². The van der Waals surface area contributed by atoms with Gasteiger partial charge in [-0.15, -0.1) is 0 Å². The van der Waals surface area contributed by atoms with Crippen molar-refractivity contribution in [1.29, 1.82) is 0 Å². The van der Waals surface area contributed by atoms with E-state index in [1.807, 2.05) is 0 Å². The van der Waals surface area contributed by atoms with E-state index in [4.69, 9.17) is 5.11 Å². The second-order valence-electron chi connectivity index (χ2n) is 4.96. The highest BCUT2D eigenvalue weighted by Gasteiger charge is 2.35. The minimum atomic E-state index is -0.952. The summed E-state index contributed by atoms with van der Waals surface area (Å²) in [7, 11) is 0. The molecule has 94 valence electrons. The SMILES string of the molecule is CC1=C(C(=O)O)CC(=O)N1C1CCCCCC1. The highest BCUT2D eigenvalue weighted by molar-refractivity contribution is 5.99. The molecule has 1 saturated carbocycles. The summed E-state index contributed by atoms with van der Waals surface area (Å²) in [6, 6.07) is 0.224. The zero-order valence-electron chi connectivity index (χ0n) is 10.2. The van der Waals surface area contributed by atoms with E-state index in [0.717, 1.165) is 25.7 Å². The van der Waals surface area contributed by atoms with Gasteiger partial charge in [0.25, 0.3) is 0 Å². The number of carboxylic acid groups (broad SMARTS) is 1. The molecule has 4 heteroatoms. The van der Waals surface area contributed by atoms with Gasteiger partial charge in [0.1, 0.15) is 0 Å². The van der Waals surface area contributed by atoms with E-state index in [0.29, 0.717) is 5.70 Å². The van der Waals surface area contributed by atoms with Crippen molar-refractivity contribution in [2.75, 3.05) is 0 Å². The van der Waals surface area contributed by atoms with Crippen LogP contribution in [0.5, 0.6) is 0 Å². The van der Waals surface area contributed by atoms with E-state index < -0.39 is 5.97 Å². The van der Waals surface area contributed by atoms with Crippen LogP contribution >= 0.6 is 0 Å². The number of hydrogen-bond acceptors (Lipinski definition) is 2. The quantitative estimate of drug-likeness (QED) is 0.750. The van der Waals surface area contributed by atoms with Crippen LogP contribution in [0.2, 0.25) is 0 Å². The fourth-order valence-electron chi connectivity index (χ4n) is 2.92. The first kappa shape index (κ1) is 12.1. The molecule has 0 aromatic rings. The molecule has 2 rings (SSSR count). The Kier molecular flexibility index (Phi) is 3.50. The molecule has 0 saturated heterocycles. The Bertz CT molecular complexity index is 365. The third-order valence-corrected chi connectivity index (χ3v) is 3.84. The Morgan fingerprint density at radius 3 is 2.29 bits per heavy atom. The molecule has 0 aromatic carbocycles. The van der Waals surface area contributed by atoms with Gasteiger partial charge >= 0.3 is 5.97 Å². The van der Waals surface area contributed by atoms with Crippen LogP contribution in [0.15, 0.2) is 11.3 Å². The maximum Gasteiger partial charge on any atom is 0.333 e. The minimum absolute atomic E-state index is 0.0354. The lowest BCUT2D eigenvalue weighted by Gasteiger charge is -2.28. The molecule has 1 amide bonds. The average Bonchev–Trinajstić information content (AvgIpc) is 2.49. The van der Waals surface area contributed by atoms with Crippen LogP contribution in [-0.4, -0.2) is 27.9 Å². The molecule has 0 aromatic heterocycles. The summed E-state index contributed by atoms with van der Waals surface area (Å²) in [5, 5.41) is 9.04. The van der Waals surface area contributed by atoms with Gasteiger partial charge in [-0.2, -0.15) is 0 Å². The normalized spacial score (nSPS) is 23.1. The first-order valence-corrected chi connectivity index (χ1v) is 6.36. The van der Waals surface area contributed by atoms with E-state index in [1.54, 1.807) is 11.8 Å². The molecule has 0 radical (unpaired) electrons. The van der Waals surface area contributed by atoms with Crippen molar-refractivity contribution >= 4 is 11.9 Å². The number of carboxylic acids is 1. The number of allylic oxidation sites excluding steroid dienone is 1. The van der Waals surface area contributed by atoms with Gasteiger partial charge in [0.15, 0.2) is 0 Å². The van der Waals surface area contributed by atoms with Crippen molar-refractivity contribution in [3.05, 3.63) is 11.3 Å². The molecule has 0 atom stereocenters. The van der Waals surface area contributed by atoms with Crippen LogP contribution < -0.4 is 0 Å². The zero-order valence-corrected chi connectivity index (χ0v) is 10.2. The summed E-state index contributed by atoms with van der Waals surface area (Å²) in [5.74, 6) is -0.987. The standard InChI is InChI=1S/C13H19NO3/c1-9-11(13(16)17)8-12(15)14(9)10-6-4-2-3-5-7-10/h10H,2-8H2,1H3,(H,16,17). The predicted octanol–water partition coefficient (Wildman–Crippen LogP) is 2.30. The van der Waals surface area contributed by atoms with Crippen molar-refractivity contribution in [3.63, 3.8) is 0 Å². The minimum Gasteiger partial charge on any atom is -0.478 e. The lowest BCUT2D eigenvalue weighted by atomic mass is 10.1. The number of rotatable bonds is 2. The molecule has 4 nitrogen and oxygen atoms in total. The topological polar surface area (TPSA) is 57.6 Å². The van der Waals surface area contributed by atoms with Gasteiger partial charge in [0, 0.05) is 11.7 Å². The lowest BCUT2D eigenvalue weighted by molar-refractivity contribution is -0.134. The predicted molar refractivity (Wildman–Crippen MR) is 63.3 cm³/mol. The Balaban J connectivity index is 2.19. The van der Waals surface area contributed by atoms with Crippen LogP contribution in [0, 0.1) is 0 Å². The fraction of sp³-hybridized carbons (Fsp3) is 0.692. The summed E-state index contributed by atoms with van der Waals surface area (Å²) in [4.78, 5) is 24.7. The first-order valence-electron chi connectivity index (χ1n) is 6.36. The van der Waals surface area contributed by atoms with Crippen LogP contribution in [0.25, 0.3) is 0 Å². The highest BCUT2D eigenvalue weighted by Crippen LogP contribution is 2.31. The second kappa shape index (κ2) is 4.90. The van der Waals surface area contributed by atoms with Crippen molar-refractivity contribution < 1.29 is 14.7 Å². The van der Waals surface area contributed by atoms with Gasteiger partial charge in [-0.05, 0) is 19.8 Å². The number of amides is 1. The molecule has 0 bridgehead atoms. The van der Waals surface area contributed by atoms with Crippen LogP contribution in [-0.2, 0) is 9.59 Å². The number of nitrogens with zero attached hydrogens (tertiary/aromatic N) is 1. The van der Waals surface area contributed by atoms with E-state index in [2.05, 4.69) is 0 Å². The van der Waals surface area contributed by atoms with Crippen molar-refractivity contribution in [3.8, 4) is 0 Å². The van der Waals surface area contributed by atoms with Crippen molar-refractivity contribution in [2.24, 2.45) is 0 Å². The molecule has 1 aliphatic carbocycles. The third kappa shape index (κ3) is 2.35. The molecule has 0 spiro atoms. The zero-order chi connectivity index (χ0) is 12.4. The molecule has 1 aliphatic heterocycles. The first-order chi connectivity index (χ1) is 8.11. The van der Waals surface area contributed by atoms with Gasteiger partial charge in [-0.25, -0.2) is 4.79 Å². The third-order valence-electron chi connectivity index (χ3n) is 3.84. The maximum absolute atomic E-state index is 11.9. The van der Waals surface area contributed by atoms with E-state index in [1.165, 1.54) is 12.8 Å². The summed E-state index contributed by atoms with van der Waals surface area (Å²) in [6.45, 7) is 1.76. The number of aliphatic carboxylic acids is 1. The second-order valence-corrected chi connectivity index (χ2v) is 4.96. The van der Waals surface area contributed by atoms with Crippen molar-refractivity contribution in [1.82, 2.24) is 4.90 Å². The summed E-state index contributed by atoms with van der Waals surface area (Å²) < 4.78 is 0. The monoisotopic (exact) mass is 237 g/mol. The molecule has 1 N–H and O–H groups in total. The van der Waals surface area contributed by atoms with Crippen LogP contribution in [0.1, 0.15) is 51.9 Å². The van der Waals surface area contributed by atoms with Crippen molar-refractivity contribution in [2.45, 2.75) is 57.9 Å². The Hall–Kier alpha value is -1.32. The number of carbonyl (C=O) groups excluding carboxylic acids is 1. The summed E-state index contributed by atoms with van der Waals surface area (Å²) in [5.41, 5.74) is 0.939. The molecule has 1 fully saturated rings. The largest absolute Gasteiger partial charge is 0.478 e. The molecule has 2 aliphatic rings. The summed E-state index contributed by atoms with van der Waals surface area (Å²) in [6.07, 6.45) is 6.83. The lowest BCUT2D eigenvalue weighted by Crippen LogP contribution is -2.35. The molecule has 0 unspecified atom stereocenters. The molecule has 1 heterocycles. The van der Waals surface area contributed by atoms with Gasteiger partial charge in [0.2, 0.25) is 5.91 Å². The van der Waals surface area contributed by atoms with Gasteiger partial charge < -0.3 is 10.0 Å². The molecular formula is C13H19NO3. The smallest absolute Gasteiger partial charge is 0.333 e. The van der Waals surface area contributed by atoms with E-state index in [-0.39, 0.29) is 23.9 Å². The fourth-order valence-corrected chi connectivity index (χ4v) is 2.92. The number of carbonyl (C=O) groups is 2. The molecular weight excluding hydrogens is 218 g/mol. The Morgan fingerprint density at radius 1 is 1.24 bits per heavy atom. The summed E-state index contributed by atoms with van der Waals surface area (Å²) >= 11 is 0. The maximum atomic E-state index is 11.9. The number of hydrogen-bond donors (Lipinski definition) is 1. The van der Waals surface area contributed by atoms with Crippen LogP contribution in [0.3, 0.4) is 0 Å². The van der Waals surface area contributed by atoms with Gasteiger partial charge in [-0.1, -0.05) is 25.7 Å². The van der Waals surface area contributed by atoms with Gasteiger partial charge in [0.05, 0.1) is 12.0 Å². The Labute approximate surface area is 101 Å². The van der Waals surface area contributed by atoms with E-state index in [9.17, 15) is 9.59 Å². The van der Waals surface area contributed by atoms with Gasteiger partial charge in [-0.3, -0.25) is 4.79 Å². The van der Waals surface area contributed by atoms with Crippen LogP contribution in [0.4, 0.5) is 0 Å². The highest BCUT2D eigenvalue weighted by atomic mass is 16.4. The Morgan fingerprint density at radius 2 is 1.82 bits per heavy atom. The molecule has 17 heavy (non-hydrogen) atoms. The average molecular weight is 237 g/mol.